The molecule has 1 aliphatic rings. The standard InChI is InChI=1S/C37H33Cl2NO4/c1-4-44-35(42)36(22-40)31(29-11-7-5-9-23(29)2)21-37(43,26-15-19-28(39)20-16-26)33(32(36)30-12-8-6-10-24(30)3)34(41)25-13-17-27(38)18-14-25/h5-20,31-33,43H,4,21H2,1-3H3/t31-,32+,33+,36-,37+/m1/s1. The Kier molecular flexibility index (Phi) is 9.00. The number of hydrogen-bond donors (Lipinski definition) is 1. The Labute approximate surface area is 268 Å². The lowest BCUT2D eigenvalue weighted by atomic mass is 9.47. The number of nitrogens with zero attached hydrogens (tertiary/aromatic N) is 1. The number of Topliss-reactive ketones (excluding diaryl/α,β-unsaturated/α-hetero) is 1. The van der Waals surface area contributed by atoms with Crippen LogP contribution in [0.4, 0.5) is 0 Å². The van der Waals surface area contributed by atoms with Crippen LogP contribution in [-0.4, -0.2) is 23.5 Å². The first-order valence-corrected chi connectivity index (χ1v) is 15.3. The zero-order valence-electron chi connectivity index (χ0n) is 24.8. The summed E-state index contributed by atoms with van der Waals surface area (Å²) in [5.74, 6) is -4.35. The minimum atomic E-state index is -1.88. The first-order valence-electron chi connectivity index (χ1n) is 14.6. The van der Waals surface area contributed by atoms with Gasteiger partial charge in [-0.25, -0.2) is 0 Å². The van der Waals surface area contributed by atoms with E-state index in [1.165, 1.54) is 0 Å². The van der Waals surface area contributed by atoms with E-state index in [9.17, 15) is 20.0 Å². The molecule has 1 N–H and O–H groups in total. The van der Waals surface area contributed by atoms with Crippen molar-refractivity contribution in [3.8, 4) is 6.07 Å². The van der Waals surface area contributed by atoms with Gasteiger partial charge in [-0.15, -0.1) is 0 Å². The van der Waals surface area contributed by atoms with E-state index in [1.54, 1.807) is 55.5 Å². The summed E-state index contributed by atoms with van der Waals surface area (Å²) in [7, 11) is 0. The lowest BCUT2D eigenvalue weighted by Crippen LogP contribution is -2.59. The van der Waals surface area contributed by atoms with E-state index in [2.05, 4.69) is 6.07 Å². The Morgan fingerprint density at radius 1 is 0.864 bits per heavy atom. The van der Waals surface area contributed by atoms with Gasteiger partial charge in [0, 0.05) is 27.4 Å². The van der Waals surface area contributed by atoms with Gasteiger partial charge in [0.05, 0.1) is 18.6 Å². The minimum Gasteiger partial charge on any atom is -0.465 e. The van der Waals surface area contributed by atoms with E-state index >= 15 is 0 Å². The second-order valence-electron chi connectivity index (χ2n) is 11.4. The van der Waals surface area contributed by atoms with E-state index in [4.69, 9.17) is 27.9 Å². The fourth-order valence-corrected chi connectivity index (χ4v) is 7.21. The summed E-state index contributed by atoms with van der Waals surface area (Å²) in [5, 5.41) is 25.3. The van der Waals surface area contributed by atoms with Crippen molar-refractivity contribution in [1.29, 1.82) is 5.26 Å². The first kappa shape index (κ1) is 31.5. The summed E-state index contributed by atoms with van der Waals surface area (Å²) in [6.07, 6.45) is -0.0990. The van der Waals surface area contributed by atoms with Crippen LogP contribution in [-0.2, 0) is 15.1 Å². The Morgan fingerprint density at radius 3 is 1.91 bits per heavy atom. The van der Waals surface area contributed by atoms with Crippen LogP contribution >= 0.6 is 23.2 Å². The number of nitriles is 1. The van der Waals surface area contributed by atoms with Gasteiger partial charge in [-0.05, 0) is 91.4 Å². The molecule has 0 aliphatic heterocycles. The van der Waals surface area contributed by atoms with E-state index < -0.39 is 40.5 Å². The number of hydrogen-bond acceptors (Lipinski definition) is 5. The zero-order chi connectivity index (χ0) is 31.6. The number of carbonyl (C=O) groups is 2. The van der Waals surface area contributed by atoms with Crippen molar-refractivity contribution in [2.75, 3.05) is 6.61 Å². The molecule has 0 unspecified atom stereocenters. The Bertz CT molecular complexity index is 1730. The number of aryl methyl sites for hydroxylation is 2. The van der Waals surface area contributed by atoms with E-state index in [0.29, 0.717) is 26.7 Å². The van der Waals surface area contributed by atoms with Crippen molar-refractivity contribution in [2.24, 2.45) is 11.3 Å². The zero-order valence-corrected chi connectivity index (χ0v) is 26.3. The molecule has 1 saturated carbocycles. The molecule has 0 aromatic heterocycles. The van der Waals surface area contributed by atoms with Gasteiger partial charge in [0.2, 0.25) is 0 Å². The van der Waals surface area contributed by atoms with E-state index in [1.807, 2.05) is 62.4 Å². The molecule has 0 amide bonds. The molecule has 5 atom stereocenters. The van der Waals surface area contributed by atoms with Crippen molar-refractivity contribution in [1.82, 2.24) is 0 Å². The number of benzene rings is 4. The summed E-state index contributed by atoms with van der Waals surface area (Å²) < 4.78 is 5.71. The van der Waals surface area contributed by atoms with Gasteiger partial charge >= 0.3 is 5.97 Å². The maximum atomic E-state index is 14.9. The average molecular weight is 627 g/mol. The molecule has 0 heterocycles. The second-order valence-corrected chi connectivity index (χ2v) is 12.3. The van der Waals surface area contributed by atoms with Crippen LogP contribution in [0.2, 0.25) is 10.0 Å². The van der Waals surface area contributed by atoms with Gasteiger partial charge in [0.15, 0.2) is 11.2 Å². The molecular formula is C37H33Cl2NO4. The molecule has 5 rings (SSSR count). The highest BCUT2D eigenvalue weighted by molar-refractivity contribution is 6.31. The number of carbonyl (C=O) groups excluding carboxylic acids is 2. The van der Waals surface area contributed by atoms with Gasteiger partial charge in [-0.2, -0.15) is 5.26 Å². The van der Waals surface area contributed by atoms with Crippen LogP contribution in [0.15, 0.2) is 97.1 Å². The predicted molar refractivity (Wildman–Crippen MR) is 172 cm³/mol. The van der Waals surface area contributed by atoms with Crippen LogP contribution in [0.25, 0.3) is 0 Å². The molecule has 0 radical (unpaired) electrons. The third-order valence-corrected chi connectivity index (χ3v) is 9.55. The molecule has 4 aromatic carbocycles. The molecule has 7 heteroatoms. The van der Waals surface area contributed by atoms with Crippen LogP contribution in [0, 0.1) is 36.5 Å². The second kappa shape index (κ2) is 12.6. The quantitative estimate of drug-likeness (QED) is 0.165. The summed E-state index contributed by atoms with van der Waals surface area (Å²) in [6.45, 7) is 5.53. The van der Waals surface area contributed by atoms with Gasteiger partial charge in [-0.1, -0.05) is 83.9 Å². The van der Waals surface area contributed by atoms with Crippen LogP contribution in [0.1, 0.15) is 63.4 Å². The number of halogens is 2. The predicted octanol–water partition coefficient (Wildman–Crippen LogP) is 8.34. The van der Waals surface area contributed by atoms with Gasteiger partial charge in [0.25, 0.3) is 0 Å². The molecular weight excluding hydrogens is 593 g/mol. The molecule has 0 saturated heterocycles. The molecule has 0 bridgehead atoms. The van der Waals surface area contributed by atoms with Crippen molar-refractivity contribution < 1.29 is 19.4 Å². The number of esters is 1. The minimum absolute atomic E-state index is 0.0422. The number of ketones is 1. The average Bonchev–Trinajstić information content (AvgIpc) is 3.01. The summed E-state index contributed by atoms with van der Waals surface area (Å²) >= 11 is 12.5. The largest absolute Gasteiger partial charge is 0.465 e. The maximum Gasteiger partial charge on any atom is 0.327 e. The highest BCUT2D eigenvalue weighted by Gasteiger charge is 2.68. The van der Waals surface area contributed by atoms with E-state index in [0.717, 1.165) is 16.7 Å². The summed E-state index contributed by atoms with van der Waals surface area (Å²) in [5.41, 5.74) is 0.0288. The topological polar surface area (TPSA) is 87.4 Å². The molecule has 1 fully saturated rings. The molecule has 4 aromatic rings. The molecule has 224 valence electrons. The normalized spacial score (nSPS) is 24.7. The molecule has 1 aliphatic carbocycles. The van der Waals surface area contributed by atoms with Gasteiger partial charge in [-0.3, -0.25) is 9.59 Å². The maximum absolute atomic E-state index is 14.9. The molecule has 5 nitrogen and oxygen atoms in total. The van der Waals surface area contributed by atoms with Crippen molar-refractivity contribution >= 4 is 35.0 Å². The highest BCUT2D eigenvalue weighted by atomic mass is 35.5. The molecule has 44 heavy (non-hydrogen) atoms. The van der Waals surface area contributed by atoms with E-state index in [-0.39, 0.29) is 13.0 Å². The highest BCUT2D eigenvalue weighted by Crippen LogP contribution is 2.64. The lowest BCUT2D eigenvalue weighted by molar-refractivity contribution is -0.164. The SMILES string of the molecule is CCOC(=O)[C@]1(C#N)[C@@H](c2ccccc2C)C[C@](O)(c2ccc(Cl)cc2)[C@H](C(=O)c2ccc(Cl)cc2)[C@@H]1c1ccccc1C. The Morgan fingerprint density at radius 2 is 1.39 bits per heavy atom. The van der Waals surface area contributed by atoms with Crippen LogP contribution < -0.4 is 0 Å². The van der Waals surface area contributed by atoms with Crippen molar-refractivity contribution in [3.05, 3.63) is 140 Å². The van der Waals surface area contributed by atoms with Crippen LogP contribution in [0.5, 0.6) is 0 Å². The summed E-state index contributed by atoms with van der Waals surface area (Å²) in [4.78, 5) is 29.3. The summed E-state index contributed by atoms with van der Waals surface area (Å²) in [6, 6.07) is 30.5. The Balaban J connectivity index is 1.93. The Hall–Kier alpha value is -3.95. The smallest absolute Gasteiger partial charge is 0.327 e. The monoisotopic (exact) mass is 625 g/mol. The number of aliphatic hydroxyl groups is 1. The number of ether oxygens (including phenoxy) is 1. The number of rotatable bonds is 7. The lowest BCUT2D eigenvalue weighted by Gasteiger charge is -2.54. The van der Waals surface area contributed by atoms with Crippen LogP contribution in [0.3, 0.4) is 0 Å². The molecule has 0 spiro atoms. The van der Waals surface area contributed by atoms with Gasteiger partial charge < -0.3 is 9.84 Å². The third-order valence-electron chi connectivity index (χ3n) is 9.04. The first-order chi connectivity index (χ1) is 21.1. The fourth-order valence-electron chi connectivity index (χ4n) is 6.96. The fraction of sp³-hybridized carbons (Fsp3) is 0.270. The van der Waals surface area contributed by atoms with Crippen molar-refractivity contribution in [2.45, 2.75) is 44.6 Å². The van der Waals surface area contributed by atoms with Crippen molar-refractivity contribution in [3.63, 3.8) is 0 Å². The third kappa shape index (κ3) is 5.32. The van der Waals surface area contributed by atoms with Gasteiger partial charge in [0.1, 0.15) is 5.60 Å².